The van der Waals surface area contributed by atoms with Crippen molar-refractivity contribution in [2.45, 2.75) is 155 Å². The molecule has 0 saturated carbocycles. The van der Waals surface area contributed by atoms with Crippen LogP contribution in [0.15, 0.2) is 24.3 Å². The number of benzene rings is 1. The fourth-order valence-corrected chi connectivity index (χ4v) is 7.64. The lowest BCUT2D eigenvalue weighted by Crippen LogP contribution is -2.66. The van der Waals surface area contributed by atoms with Crippen molar-refractivity contribution >= 4 is 0 Å². The summed E-state index contributed by atoms with van der Waals surface area (Å²) in [4.78, 5) is 5.28. The molecule has 2 aliphatic heterocycles. The molecule has 0 radical (unpaired) electrons. The molecule has 0 spiro atoms. The number of hydrogen-bond acceptors (Lipinski definition) is 4. The molecule has 0 amide bonds. The van der Waals surface area contributed by atoms with Crippen molar-refractivity contribution in [3.05, 3.63) is 35.4 Å². The maximum absolute atomic E-state index is 6.71. The van der Waals surface area contributed by atoms with Gasteiger partial charge in [-0.3, -0.25) is 9.80 Å². The van der Waals surface area contributed by atoms with Crippen molar-refractivity contribution in [2.24, 2.45) is 11.8 Å². The number of piperidine rings is 2. The lowest BCUT2D eigenvalue weighted by Gasteiger charge is -2.59. The first kappa shape index (κ1) is 31.6. The first-order valence-electron chi connectivity index (χ1n) is 15.5. The molecule has 8 unspecified atom stereocenters. The first-order chi connectivity index (χ1) is 17.7. The molecule has 1 aromatic carbocycles. The first-order valence-corrected chi connectivity index (χ1v) is 15.5. The Bertz CT molecular complexity index is 852. The van der Waals surface area contributed by atoms with Crippen molar-refractivity contribution in [1.29, 1.82) is 0 Å². The zero-order valence-corrected chi connectivity index (χ0v) is 27.0. The summed E-state index contributed by atoms with van der Waals surface area (Å²) in [6.45, 7) is 25.1. The number of likely N-dealkylation sites (tertiary alicyclic amines) is 2. The summed E-state index contributed by atoms with van der Waals surface area (Å²) in [6.07, 6.45) is 7.25. The second kappa shape index (κ2) is 11.9. The van der Waals surface area contributed by atoms with Gasteiger partial charge in [-0.1, -0.05) is 65.8 Å². The van der Waals surface area contributed by atoms with E-state index in [1.54, 1.807) is 0 Å². The molecular weight excluding hydrogens is 468 g/mol. The van der Waals surface area contributed by atoms with Gasteiger partial charge in [-0.05, 0) is 91.4 Å². The minimum Gasteiger partial charge on any atom is -0.373 e. The minimum absolute atomic E-state index is 0.147. The molecule has 8 atom stereocenters. The van der Waals surface area contributed by atoms with Crippen LogP contribution in [0.5, 0.6) is 0 Å². The van der Waals surface area contributed by atoms with Crippen molar-refractivity contribution < 1.29 is 9.47 Å². The van der Waals surface area contributed by atoms with Crippen LogP contribution < -0.4 is 0 Å². The van der Waals surface area contributed by atoms with Gasteiger partial charge in [0.2, 0.25) is 0 Å². The van der Waals surface area contributed by atoms with Crippen LogP contribution in [0, 0.1) is 11.8 Å². The van der Waals surface area contributed by atoms with Crippen LogP contribution in [0.25, 0.3) is 0 Å². The number of ether oxygens (including phenoxy) is 2. The smallest absolute Gasteiger partial charge is 0.0720 e. The predicted molar refractivity (Wildman–Crippen MR) is 161 cm³/mol. The van der Waals surface area contributed by atoms with Crippen LogP contribution in [0.1, 0.15) is 119 Å². The molecule has 3 rings (SSSR count). The maximum atomic E-state index is 6.71. The normalized spacial score (nSPS) is 40.9. The lowest BCUT2D eigenvalue weighted by atomic mass is 9.68. The molecule has 1 aromatic rings. The van der Waals surface area contributed by atoms with Gasteiger partial charge in [-0.15, -0.1) is 0 Å². The number of hydrogen-bond donors (Lipinski definition) is 0. The third-order valence-corrected chi connectivity index (χ3v) is 12.4. The summed E-state index contributed by atoms with van der Waals surface area (Å²) >= 11 is 0. The van der Waals surface area contributed by atoms with E-state index in [-0.39, 0.29) is 34.4 Å². The van der Waals surface area contributed by atoms with E-state index in [0.717, 1.165) is 38.5 Å². The average Bonchev–Trinajstić information content (AvgIpc) is 2.93. The summed E-state index contributed by atoms with van der Waals surface area (Å²) in [7, 11) is 4.64. The van der Waals surface area contributed by atoms with Crippen molar-refractivity contribution in [3.63, 3.8) is 0 Å². The molecule has 2 saturated heterocycles. The van der Waals surface area contributed by atoms with Crippen LogP contribution in [0.3, 0.4) is 0 Å². The quantitative estimate of drug-likeness (QED) is 0.306. The summed E-state index contributed by atoms with van der Waals surface area (Å²) in [5.41, 5.74) is 3.14. The fraction of sp³-hybridized carbons (Fsp3) is 0.824. The SMILES string of the molecule is CCC1(C)CC(OCc2cccc(COC3CC(C)(CC)N(C)C(C)(CC)C3C)c2)C(C)C(C)(CC)N1C. The van der Waals surface area contributed by atoms with E-state index in [1.807, 2.05) is 0 Å². The Hall–Kier alpha value is -0.940. The molecule has 0 aromatic heterocycles. The Kier molecular flexibility index (Phi) is 9.88. The van der Waals surface area contributed by atoms with Gasteiger partial charge < -0.3 is 9.47 Å². The van der Waals surface area contributed by atoms with Crippen molar-refractivity contribution in [3.8, 4) is 0 Å². The Labute approximate surface area is 235 Å². The van der Waals surface area contributed by atoms with Gasteiger partial charge in [0.05, 0.1) is 25.4 Å². The summed E-state index contributed by atoms with van der Waals surface area (Å²) in [6, 6.07) is 8.89. The van der Waals surface area contributed by atoms with E-state index >= 15 is 0 Å². The van der Waals surface area contributed by atoms with Gasteiger partial charge >= 0.3 is 0 Å². The van der Waals surface area contributed by atoms with E-state index in [9.17, 15) is 0 Å². The number of rotatable bonds is 10. The van der Waals surface area contributed by atoms with Gasteiger partial charge in [0.15, 0.2) is 0 Å². The van der Waals surface area contributed by atoms with Gasteiger partial charge in [-0.25, -0.2) is 0 Å². The van der Waals surface area contributed by atoms with Gasteiger partial charge in [0, 0.05) is 34.0 Å². The van der Waals surface area contributed by atoms with Crippen molar-refractivity contribution in [1.82, 2.24) is 9.80 Å². The highest BCUT2D eigenvalue weighted by Crippen LogP contribution is 2.47. The van der Waals surface area contributed by atoms with E-state index in [1.165, 1.54) is 11.1 Å². The molecule has 218 valence electrons. The zero-order valence-electron chi connectivity index (χ0n) is 27.0. The highest BCUT2D eigenvalue weighted by atomic mass is 16.5. The molecular formula is C34H60N2O2. The standard InChI is InChI=1S/C34H60N2O2/c1-13-31(7)21-29(25(5)33(9,15-3)35(31)11)37-23-27-18-17-19-28(20-27)24-38-30-22-32(8,14-2)36(12)34(10,16-4)26(30)6/h17-20,25-26,29-30H,13-16,21-24H2,1-12H3. The fourth-order valence-electron chi connectivity index (χ4n) is 7.64. The molecule has 2 heterocycles. The Morgan fingerprint density at radius 1 is 0.684 bits per heavy atom. The Morgan fingerprint density at radius 2 is 1.05 bits per heavy atom. The highest BCUT2D eigenvalue weighted by Gasteiger charge is 2.52. The van der Waals surface area contributed by atoms with Gasteiger partial charge in [0.1, 0.15) is 0 Å². The van der Waals surface area contributed by atoms with E-state index in [0.29, 0.717) is 25.0 Å². The summed E-state index contributed by atoms with van der Waals surface area (Å²) in [5.74, 6) is 0.964. The molecule has 0 aliphatic carbocycles. The third-order valence-electron chi connectivity index (χ3n) is 12.4. The van der Waals surface area contributed by atoms with E-state index in [4.69, 9.17) is 9.47 Å². The average molecular weight is 529 g/mol. The van der Waals surface area contributed by atoms with Crippen molar-refractivity contribution in [2.75, 3.05) is 14.1 Å². The molecule has 0 N–H and O–H groups in total. The summed E-state index contributed by atoms with van der Waals surface area (Å²) in [5, 5.41) is 0. The maximum Gasteiger partial charge on any atom is 0.0720 e. The van der Waals surface area contributed by atoms with E-state index < -0.39 is 0 Å². The molecule has 38 heavy (non-hydrogen) atoms. The van der Waals surface area contributed by atoms with Gasteiger partial charge in [-0.2, -0.15) is 0 Å². The number of nitrogens with zero attached hydrogens (tertiary/aromatic N) is 2. The van der Waals surface area contributed by atoms with Crippen LogP contribution in [0.4, 0.5) is 0 Å². The summed E-state index contributed by atoms with van der Waals surface area (Å²) < 4.78 is 13.4. The molecule has 0 bridgehead atoms. The highest BCUT2D eigenvalue weighted by molar-refractivity contribution is 5.22. The monoisotopic (exact) mass is 528 g/mol. The lowest BCUT2D eigenvalue weighted by molar-refractivity contribution is -0.148. The Morgan fingerprint density at radius 3 is 1.37 bits per heavy atom. The third kappa shape index (κ3) is 5.62. The van der Waals surface area contributed by atoms with Crippen LogP contribution in [-0.2, 0) is 22.7 Å². The molecule has 4 nitrogen and oxygen atoms in total. The minimum atomic E-state index is 0.147. The van der Waals surface area contributed by atoms with Crippen LogP contribution in [0.2, 0.25) is 0 Å². The second-order valence-corrected chi connectivity index (χ2v) is 13.7. The topological polar surface area (TPSA) is 24.9 Å². The predicted octanol–water partition coefficient (Wildman–Crippen LogP) is 8.08. The van der Waals surface area contributed by atoms with Crippen LogP contribution >= 0.6 is 0 Å². The molecule has 4 heteroatoms. The molecule has 2 aliphatic rings. The second-order valence-electron chi connectivity index (χ2n) is 13.7. The zero-order chi connectivity index (χ0) is 28.5. The molecule has 2 fully saturated rings. The largest absolute Gasteiger partial charge is 0.373 e. The van der Waals surface area contributed by atoms with Gasteiger partial charge in [0.25, 0.3) is 0 Å². The Balaban J connectivity index is 1.68. The van der Waals surface area contributed by atoms with E-state index in [2.05, 4.69) is 117 Å². The van der Waals surface area contributed by atoms with Crippen LogP contribution in [-0.4, -0.2) is 58.3 Å².